The summed E-state index contributed by atoms with van der Waals surface area (Å²) < 4.78 is 10.7. The first-order valence-electron chi connectivity index (χ1n) is 11.6. The summed E-state index contributed by atoms with van der Waals surface area (Å²) in [7, 11) is 3.85. The van der Waals surface area contributed by atoms with Gasteiger partial charge in [-0.1, -0.05) is 39.2 Å². The number of aliphatic hydroxyl groups excluding tert-OH is 1. The molecule has 1 rings (SSSR count). The van der Waals surface area contributed by atoms with Gasteiger partial charge in [-0.15, -0.1) is 0 Å². The van der Waals surface area contributed by atoms with Crippen molar-refractivity contribution in [1.29, 1.82) is 0 Å². The molecule has 0 saturated carbocycles. The fourth-order valence-electron chi connectivity index (χ4n) is 2.59. The average molecular weight is 484 g/mol. The summed E-state index contributed by atoms with van der Waals surface area (Å²) in [5.41, 5.74) is 0.779. The van der Waals surface area contributed by atoms with Crippen LogP contribution in [0.25, 0.3) is 0 Å². The van der Waals surface area contributed by atoms with E-state index in [9.17, 15) is 14.4 Å². The lowest BCUT2D eigenvalue weighted by Crippen LogP contribution is -2.33. The molecule has 0 spiro atoms. The minimum atomic E-state index is -1.23. The van der Waals surface area contributed by atoms with Crippen LogP contribution in [-0.4, -0.2) is 73.1 Å². The summed E-state index contributed by atoms with van der Waals surface area (Å²) in [6.45, 7) is 9.11. The second kappa shape index (κ2) is 17.6. The third-order valence-electron chi connectivity index (χ3n) is 4.84. The zero-order valence-corrected chi connectivity index (χ0v) is 21.2. The molecule has 0 radical (unpaired) electrons. The number of hydrogen-bond donors (Lipinski definition) is 4. The first-order valence-corrected chi connectivity index (χ1v) is 11.6. The maximum atomic E-state index is 12.1. The van der Waals surface area contributed by atoms with Gasteiger partial charge in [-0.3, -0.25) is 0 Å². The van der Waals surface area contributed by atoms with E-state index in [0.717, 1.165) is 31.2 Å². The van der Waals surface area contributed by atoms with E-state index in [1.165, 1.54) is 6.92 Å². The highest BCUT2D eigenvalue weighted by Crippen LogP contribution is 2.24. The number of carboxylic acids is 1. The molecule has 1 aromatic carbocycles. The number of carboxylic acid groups (broad SMARTS) is 1. The number of aliphatic hydroxyl groups is 1. The molecule has 2 amide bonds. The smallest absolute Gasteiger partial charge is 0.412 e. The van der Waals surface area contributed by atoms with E-state index in [0.29, 0.717) is 37.1 Å². The fraction of sp³-hybridized carbons (Fsp3) is 0.625. The van der Waals surface area contributed by atoms with Crippen molar-refractivity contribution < 1.29 is 34.1 Å². The molecule has 4 N–H and O–H groups in total. The Bertz CT molecular complexity index is 754. The summed E-state index contributed by atoms with van der Waals surface area (Å²) in [6.07, 6.45) is 2.16. The van der Waals surface area contributed by atoms with Gasteiger partial charge < -0.3 is 35.2 Å². The van der Waals surface area contributed by atoms with Crippen LogP contribution in [0.3, 0.4) is 0 Å². The van der Waals surface area contributed by atoms with Crippen LogP contribution in [0.15, 0.2) is 18.2 Å². The average Bonchev–Trinajstić information content (AvgIpc) is 2.76. The number of rotatable bonds is 12. The lowest BCUT2D eigenvalue weighted by molar-refractivity contribution is -0.145. The van der Waals surface area contributed by atoms with E-state index >= 15 is 0 Å². The molecular weight excluding hydrogens is 442 g/mol. The summed E-state index contributed by atoms with van der Waals surface area (Å²) in [5.74, 6) is -0.0342. The van der Waals surface area contributed by atoms with Crippen LogP contribution in [0.5, 0.6) is 11.5 Å². The van der Waals surface area contributed by atoms with E-state index in [1.807, 2.05) is 25.9 Å². The van der Waals surface area contributed by atoms with Gasteiger partial charge in [0.1, 0.15) is 17.6 Å². The van der Waals surface area contributed by atoms with E-state index in [-0.39, 0.29) is 0 Å². The number of nitrogens with one attached hydrogen (secondary N) is 2. The normalized spacial score (nSPS) is 12.1. The quantitative estimate of drug-likeness (QED) is 0.355. The highest BCUT2D eigenvalue weighted by molar-refractivity contribution is 5.72. The first-order chi connectivity index (χ1) is 16.0. The van der Waals surface area contributed by atoms with Gasteiger partial charge in [0.15, 0.2) is 0 Å². The number of amides is 2. The maximum Gasteiger partial charge on any atom is 0.412 e. The molecular formula is C24H41N3O7. The molecule has 10 heteroatoms. The minimum Gasteiger partial charge on any atom is -0.479 e. The molecule has 0 saturated heterocycles. The third kappa shape index (κ3) is 15.1. The summed E-state index contributed by atoms with van der Waals surface area (Å²) >= 11 is 0. The monoisotopic (exact) mass is 483 g/mol. The standard InChI is InChI=1S/C21H35N3O4.C3H6O3/c1-6-8-9-17(7-2)15-23-21(26)27-18-11-10-16(3)19(14-18)28-20(25)22-12-13-24(4)5;1-2(4)3(5)6/h10-11,14,17H,6-9,12-13,15H2,1-5H3,(H,22,25)(H,23,26);2,4H,1H3,(H,5,6). The molecule has 2 atom stereocenters. The van der Waals surface area contributed by atoms with E-state index in [1.54, 1.807) is 18.2 Å². The Balaban J connectivity index is 0.00000160. The van der Waals surface area contributed by atoms with Crippen molar-refractivity contribution in [2.75, 3.05) is 33.7 Å². The Morgan fingerprint density at radius 2 is 1.71 bits per heavy atom. The first kappa shape index (κ1) is 31.1. The number of aryl methyl sites for hydroxylation is 1. The molecule has 0 aliphatic rings. The Kier molecular flexibility index (Phi) is 16.1. The van der Waals surface area contributed by atoms with Gasteiger partial charge in [-0.05, 0) is 51.9 Å². The molecule has 2 unspecified atom stereocenters. The lowest BCUT2D eigenvalue weighted by Gasteiger charge is -2.15. The molecule has 0 heterocycles. The number of hydrogen-bond acceptors (Lipinski definition) is 7. The third-order valence-corrected chi connectivity index (χ3v) is 4.84. The van der Waals surface area contributed by atoms with Gasteiger partial charge in [0, 0.05) is 25.7 Å². The molecule has 0 aromatic heterocycles. The largest absolute Gasteiger partial charge is 0.479 e. The molecule has 0 bridgehead atoms. The number of ether oxygens (including phenoxy) is 2. The molecule has 0 aliphatic heterocycles. The van der Waals surface area contributed by atoms with Gasteiger partial charge in [0.2, 0.25) is 0 Å². The van der Waals surface area contributed by atoms with E-state index in [4.69, 9.17) is 19.7 Å². The van der Waals surface area contributed by atoms with Crippen LogP contribution in [0.4, 0.5) is 9.59 Å². The number of aliphatic carboxylic acids is 1. The summed E-state index contributed by atoms with van der Waals surface area (Å²) in [6, 6.07) is 4.98. The van der Waals surface area contributed by atoms with Crippen LogP contribution in [0.1, 0.15) is 52.0 Å². The molecule has 10 nitrogen and oxygen atoms in total. The molecule has 194 valence electrons. The second-order valence-corrected chi connectivity index (χ2v) is 8.25. The van der Waals surface area contributed by atoms with Crippen molar-refractivity contribution in [3.63, 3.8) is 0 Å². The molecule has 1 aromatic rings. The number of carbonyl (C=O) groups is 3. The van der Waals surface area contributed by atoms with Gasteiger partial charge in [0.05, 0.1) is 0 Å². The van der Waals surface area contributed by atoms with Crippen molar-refractivity contribution in [1.82, 2.24) is 15.5 Å². The van der Waals surface area contributed by atoms with E-state index < -0.39 is 24.3 Å². The fourth-order valence-corrected chi connectivity index (χ4v) is 2.59. The SMILES string of the molecule is CC(O)C(=O)O.CCCCC(CC)CNC(=O)Oc1ccc(C)c(OC(=O)NCCN(C)C)c1. The molecule has 0 fully saturated rings. The topological polar surface area (TPSA) is 137 Å². The predicted molar refractivity (Wildman–Crippen MR) is 130 cm³/mol. The Labute approximate surface area is 202 Å². The zero-order valence-electron chi connectivity index (χ0n) is 21.2. The summed E-state index contributed by atoms with van der Waals surface area (Å²) in [5, 5.41) is 21.3. The number of carbonyl (C=O) groups excluding carboxylic acids is 2. The Morgan fingerprint density at radius 3 is 2.24 bits per heavy atom. The Hall–Kier alpha value is -2.85. The summed E-state index contributed by atoms with van der Waals surface area (Å²) in [4.78, 5) is 35.4. The van der Waals surface area contributed by atoms with Gasteiger partial charge >= 0.3 is 18.2 Å². The van der Waals surface area contributed by atoms with Crippen LogP contribution in [0, 0.1) is 12.8 Å². The van der Waals surface area contributed by atoms with Crippen LogP contribution in [0.2, 0.25) is 0 Å². The van der Waals surface area contributed by atoms with Crippen LogP contribution in [-0.2, 0) is 4.79 Å². The lowest BCUT2D eigenvalue weighted by atomic mass is 10.00. The van der Waals surface area contributed by atoms with Crippen molar-refractivity contribution >= 4 is 18.2 Å². The van der Waals surface area contributed by atoms with Crippen molar-refractivity contribution in [3.05, 3.63) is 23.8 Å². The minimum absolute atomic E-state index is 0.334. The van der Waals surface area contributed by atoms with E-state index in [2.05, 4.69) is 24.5 Å². The van der Waals surface area contributed by atoms with Crippen molar-refractivity contribution in [3.8, 4) is 11.5 Å². The molecule has 34 heavy (non-hydrogen) atoms. The predicted octanol–water partition coefficient (Wildman–Crippen LogP) is 3.40. The van der Waals surface area contributed by atoms with Gasteiger partial charge in [-0.25, -0.2) is 14.4 Å². The number of unbranched alkanes of at least 4 members (excludes halogenated alkanes) is 1. The molecule has 0 aliphatic carbocycles. The van der Waals surface area contributed by atoms with Crippen molar-refractivity contribution in [2.45, 2.75) is 59.5 Å². The van der Waals surface area contributed by atoms with Gasteiger partial charge in [0.25, 0.3) is 0 Å². The van der Waals surface area contributed by atoms with Gasteiger partial charge in [-0.2, -0.15) is 0 Å². The number of likely N-dealkylation sites (N-methyl/N-ethyl adjacent to an activating group) is 1. The zero-order chi connectivity index (χ0) is 26.1. The highest BCUT2D eigenvalue weighted by atomic mass is 16.6. The Morgan fingerprint density at radius 1 is 1.09 bits per heavy atom. The maximum absolute atomic E-state index is 12.1. The van der Waals surface area contributed by atoms with Crippen LogP contribution < -0.4 is 20.1 Å². The van der Waals surface area contributed by atoms with Crippen molar-refractivity contribution in [2.24, 2.45) is 5.92 Å². The number of benzene rings is 1. The van der Waals surface area contributed by atoms with Crippen LogP contribution >= 0.6 is 0 Å². The highest BCUT2D eigenvalue weighted by Gasteiger charge is 2.12. The number of nitrogens with zero attached hydrogens (tertiary/aromatic N) is 1. The second-order valence-electron chi connectivity index (χ2n) is 8.25.